The summed E-state index contributed by atoms with van der Waals surface area (Å²) in [6.45, 7) is 6.83. The van der Waals surface area contributed by atoms with Gasteiger partial charge in [0.2, 0.25) is 5.91 Å². The normalized spacial score (nSPS) is 17.4. The van der Waals surface area contributed by atoms with Crippen molar-refractivity contribution in [3.05, 3.63) is 59.2 Å². The van der Waals surface area contributed by atoms with E-state index >= 15 is 0 Å². The molecule has 5 nitrogen and oxygen atoms in total. The molecule has 0 N–H and O–H groups in total. The molecule has 1 aliphatic rings. The molecule has 1 fully saturated rings. The SMILES string of the molecule is COc1ccc(C(=O)N2CCN(c3cc(C)cc(C)c3)C(=O)[C@H]2C)cc1. The Bertz CT molecular complexity index is 809. The van der Waals surface area contributed by atoms with E-state index in [1.165, 1.54) is 0 Å². The highest BCUT2D eigenvalue weighted by molar-refractivity contribution is 6.03. The maximum Gasteiger partial charge on any atom is 0.254 e. The first-order valence-electron chi connectivity index (χ1n) is 8.75. The maximum atomic E-state index is 12.9. The van der Waals surface area contributed by atoms with E-state index in [1.54, 1.807) is 48.1 Å². The molecular formula is C21H24N2O3. The van der Waals surface area contributed by atoms with Gasteiger partial charge in [-0.15, -0.1) is 0 Å². The molecule has 136 valence electrons. The highest BCUT2D eigenvalue weighted by Gasteiger charge is 2.35. The van der Waals surface area contributed by atoms with Crippen LogP contribution in [0.2, 0.25) is 0 Å². The van der Waals surface area contributed by atoms with Crippen LogP contribution in [-0.2, 0) is 4.79 Å². The largest absolute Gasteiger partial charge is 0.497 e. The molecule has 0 saturated carbocycles. The topological polar surface area (TPSA) is 49.9 Å². The molecule has 3 rings (SSSR count). The molecule has 0 radical (unpaired) electrons. The molecule has 1 atom stereocenters. The molecule has 0 spiro atoms. The van der Waals surface area contributed by atoms with Crippen molar-refractivity contribution in [2.45, 2.75) is 26.8 Å². The summed E-state index contributed by atoms with van der Waals surface area (Å²) < 4.78 is 5.13. The number of rotatable bonds is 3. The number of methoxy groups -OCH3 is 1. The van der Waals surface area contributed by atoms with Gasteiger partial charge in [0.15, 0.2) is 0 Å². The van der Waals surface area contributed by atoms with Gasteiger partial charge in [-0.25, -0.2) is 0 Å². The van der Waals surface area contributed by atoms with Crippen molar-refractivity contribution in [1.29, 1.82) is 0 Å². The van der Waals surface area contributed by atoms with E-state index in [4.69, 9.17) is 4.74 Å². The summed E-state index contributed by atoms with van der Waals surface area (Å²) in [4.78, 5) is 29.2. The van der Waals surface area contributed by atoms with Crippen molar-refractivity contribution in [2.24, 2.45) is 0 Å². The highest BCUT2D eigenvalue weighted by atomic mass is 16.5. The molecule has 0 bridgehead atoms. The number of amides is 2. The van der Waals surface area contributed by atoms with Crippen molar-refractivity contribution >= 4 is 17.5 Å². The molecule has 0 aliphatic carbocycles. The third-order valence-electron chi connectivity index (χ3n) is 4.77. The summed E-state index contributed by atoms with van der Waals surface area (Å²) in [6, 6.07) is 12.6. The number of hydrogen-bond acceptors (Lipinski definition) is 3. The molecule has 1 saturated heterocycles. The van der Waals surface area contributed by atoms with Crippen LogP contribution in [-0.4, -0.2) is 43.0 Å². The Labute approximate surface area is 154 Å². The second kappa shape index (κ2) is 7.20. The van der Waals surface area contributed by atoms with Gasteiger partial charge in [0, 0.05) is 24.3 Å². The van der Waals surface area contributed by atoms with Crippen molar-refractivity contribution < 1.29 is 14.3 Å². The summed E-state index contributed by atoms with van der Waals surface area (Å²) in [5, 5.41) is 0. The van der Waals surface area contributed by atoms with Crippen molar-refractivity contribution in [2.75, 3.05) is 25.1 Å². The van der Waals surface area contributed by atoms with E-state index in [2.05, 4.69) is 6.07 Å². The van der Waals surface area contributed by atoms with Gasteiger partial charge in [-0.2, -0.15) is 0 Å². The number of anilines is 1. The molecule has 0 unspecified atom stereocenters. The average molecular weight is 352 g/mol. The number of aryl methyl sites for hydroxylation is 2. The summed E-state index contributed by atoms with van der Waals surface area (Å²) >= 11 is 0. The van der Waals surface area contributed by atoms with Crippen LogP contribution in [0, 0.1) is 13.8 Å². The Balaban J connectivity index is 1.79. The van der Waals surface area contributed by atoms with Crippen LogP contribution in [0.4, 0.5) is 5.69 Å². The van der Waals surface area contributed by atoms with Crippen LogP contribution in [0.15, 0.2) is 42.5 Å². The van der Waals surface area contributed by atoms with Gasteiger partial charge in [-0.1, -0.05) is 6.07 Å². The Morgan fingerprint density at radius 2 is 1.65 bits per heavy atom. The second-order valence-corrected chi connectivity index (χ2v) is 6.74. The van der Waals surface area contributed by atoms with E-state index < -0.39 is 6.04 Å². The third kappa shape index (κ3) is 3.43. The van der Waals surface area contributed by atoms with Gasteiger partial charge >= 0.3 is 0 Å². The fourth-order valence-corrected chi connectivity index (χ4v) is 3.41. The van der Waals surface area contributed by atoms with Gasteiger partial charge in [0.25, 0.3) is 5.91 Å². The Kier molecular flexibility index (Phi) is 4.98. The minimum Gasteiger partial charge on any atom is -0.497 e. The Morgan fingerprint density at radius 3 is 2.23 bits per heavy atom. The Morgan fingerprint density at radius 1 is 1.04 bits per heavy atom. The minimum atomic E-state index is -0.501. The molecule has 2 aromatic carbocycles. The lowest BCUT2D eigenvalue weighted by Crippen LogP contribution is -2.57. The summed E-state index contributed by atoms with van der Waals surface area (Å²) in [6.07, 6.45) is 0. The third-order valence-corrected chi connectivity index (χ3v) is 4.77. The molecule has 5 heteroatoms. The van der Waals surface area contributed by atoms with Crippen molar-refractivity contribution in [3.8, 4) is 5.75 Å². The number of piperazine rings is 1. The standard InChI is InChI=1S/C21H24N2O3/c1-14-11-15(2)13-18(12-14)23-10-9-22(16(3)20(23)24)21(25)17-5-7-19(26-4)8-6-17/h5-8,11-13,16H,9-10H2,1-4H3/t16-/m1/s1. The lowest BCUT2D eigenvalue weighted by Gasteiger charge is -2.39. The van der Waals surface area contributed by atoms with Crippen LogP contribution in [0.25, 0.3) is 0 Å². The molecule has 1 heterocycles. The van der Waals surface area contributed by atoms with Gasteiger partial charge < -0.3 is 14.5 Å². The number of carbonyl (C=O) groups is 2. The van der Waals surface area contributed by atoms with Crippen LogP contribution in [0.1, 0.15) is 28.4 Å². The highest BCUT2D eigenvalue weighted by Crippen LogP contribution is 2.24. The van der Waals surface area contributed by atoms with Crippen LogP contribution in [0.5, 0.6) is 5.75 Å². The zero-order valence-corrected chi connectivity index (χ0v) is 15.7. The lowest BCUT2D eigenvalue weighted by atomic mass is 10.1. The van der Waals surface area contributed by atoms with Gasteiger partial charge in [0.05, 0.1) is 7.11 Å². The number of hydrogen-bond donors (Lipinski definition) is 0. The zero-order valence-electron chi connectivity index (χ0n) is 15.7. The van der Waals surface area contributed by atoms with Gasteiger partial charge in [-0.05, 0) is 68.3 Å². The lowest BCUT2D eigenvalue weighted by molar-refractivity contribution is -0.124. The molecule has 2 aromatic rings. The number of ether oxygens (including phenoxy) is 1. The molecule has 2 amide bonds. The second-order valence-electron chi connectivity index (χ2n) is 6.74. The minimum absolute atomic E-state index is 0.0527. The predicted octanol–water partition coefficient (Wildman–Crippen LogP) is 3.19. The average Bonchev–Trinajstić information content (AvgIpc) is 2.62. The first-order chi connectivity index (χ1) is 12.4. The van der Waals surface area contributed by atoms with Crippen molar-refractivity contribution in [3.63, 3.8) is 0 Å². The van der Waals surface area contributed by atoms with E-state index in [9.17, 15) is 9.59 Å². The van der Waals surface area contributed by atoms with Crippen LogP contribution < -0.4 is 9.64 Å². The summed E-state index contributed by atoms with van der Waals surface area (Å²) in [5.41, 5.74) is 3.70. The van der Waals surface area contributed by atoms with Crippen molar-refractivity contribution in [1.82, 2.24) is 4.90 Å². The van der Waals surface area contributed by atoms with Gasteiger partial charge in [-0.3, -0.25) is 9.59 Å². The Hall–Kier alpha value is -2.82. The fourth-order valence-electron chi connectivity index (χ4n) is 3.41. The predicted molar refractivity (Wildman–Crippen MR) is 102 cm³/mol. The number of carbonyl (C=O) groups excluding carboxylic acids is 2. The first kappa shape index (κ1) is 18.0. The van der Waals surface area contributed by atoms with Crippen LogP contribution >= 0.6 is 0 Å². The zero-order chi connectivity index (χ0) is 18.8. The molecule has 26 heavy (non-hydrogen) atoms. The summed E-state index contributed by atoms with van der Waals surface area (Å²) in [7, 11) is 1.59. The van der Waals surface area contributed by atoms with E-state index in [1.807, 2.05) is 26.0 Å². The van der Waals surface area contributed by atoms with E-state index in [-0.39, 0.29) is 11.8 Å². The smallest absolute Gasteiger partial charge is 0.254 e. The van der Waals surface area contributed by atoms with E-state index in [0.29, 0.717) is 24.4 Å². The van der Waals surface area contributed by atoms with E-state index in [0.717, 1.165) is 16.8 Å². The van der Waals surface area contributed by atoms with Crippen LogP contribution in [0.3, 0.4) is 0 Å². The monoisotopic (exact) mass is 352 g/mol. The molecule has 1 aliphatic heterocycles. The van der Waals surface area contributed by atoms with Gasteiger partial charge in [0.1, 0.15) is 11.8 Å². The maximum absolute atomic E-state index is 12.9. The molecular weight excluding hydrogens is 328 g/mol. The summed E-state index contributed by atoms with van der Waals surface area (Å²) in [5.74, 6) is 0.516. The number of benzene rings is 2. The first-order valence-corrected chi connectivity index (χ1v) is 8.75. The number of nitrogens with zero attached hydrogens (tertiary/aromatic N) is 2. The fraction of sp³-hybridized carbons (Fsp3) is 0.333. The quantitative estimate of drug-likeness (QED) is 0.852. The molecule has 0 aromatic heterocycles.